The highest BCUT2D eigenvalue weighted by Crippen LogP contribution is 2.27. The lowest BCUT2D eigenvalue weighted by molar-refractivity contribution is -0.133. The molecule has 144 valence electrons. The lowest BCUT2D eigenvalue weighted by Gasteiger charge is -2.31. The third kappa shape index (κ3) is 5.09. The molecule has 0 spiro atoms. The van der Waals surface area contributed by atoms with Crippen LogP contribution in [0.3, 0.4) is 0 Å². The van der Waals surface area contributed by atoms with Crippen molar-refractivity contribution < 1.29 is 18.7 Å². The van der Waals surface area contributed by atoms with E-state index in [1.165, 1.54) is 6.92 Å². The molecule has 1 saturated heterocycles. The summed E-state index contributed by atoms with van der Waals surface area (Å²) in [6.07, 6.45) is 4.26. The van der Waals surface area contributed by atoms with Crippen molar-refractivity contribution >= 4 is 11.8 Å². The number of rotatable bonds is 6. The van der Waals surface area contributed by atoms with E-state index in [1.54, 1.807) is 18.2 Å². The Labute approximate surface area is 158 Å². The summed E-state index contributed by atoms with van der Waals surface area (Å²) in [5, 5.41) is 2.56. The van der Waals surface area contributed by atoms with Crippen LogP contribution in [-0.2, 0) is 16.0 Å². The van der Waals surface area contributed by atoms with Crippen molar-refractivity contribution in [2.24, 2.45) is 0 Å². The molecule has 1 fully saturated rings. The summed E-state index contributed by atoms with van der Waals surface area (Å²) in [5.41, 5.74) is 1.12. The minimum Gasteiger partial charge on any atom is -0.497 e. The number of nitrogens with one attached hydrogen (secondary N) is 1. The van der Waals surface area contributed by atoms with Gasteiger partial charge in [0.1, 0.15) is 11.5 Å². The number of carbonyl (C=O) groups is 2. The molecule has 0 radical (unpaired) electrons. The van der Waals surface area contributed by atoms with Crippen molar-refractivity contribution in [1.82, 2.24) is 15.2 Å². The SMILES string of the molecule is COc1ccc(Cc2cnc([C@H]3CCCN(C(=O)CNC(C)=O)C3)o2)cc1. The standard InChI is InChI=1S/C20H25N3O4/c1-14(24)21-12-19(25)23-9-3-4-16(13-23)20-22-11-18(27-20)10-15-5-7-17(26-2)8-6-15/h5-8,11,16H,3-4,9-10,12-13H2,1-2H3,(H,21,24)/t16-/m0/s1. The molecule has 1 aliphatic heterocycles. The molecule has 3 rings (SSSR count). The third-order valence-electron chi connectivity index (χ3n) is 4.72. The van der Waals surface area contributed by atoms with Gasteiger partial charge in [0, 0.05) is 26.4 Å². The van der Waals surface area contributed by atoms with Gasteiger partial charge in [0.05, 0.1) is 25.8 Å². The normalized spacial score (nSPS) is 16.8. The van der Waals surface area contributed by atoms with Crippen LogP contribution >= 0.6 is 0 Å². The van der Waals surface area contributed by atoms with Crippen molar-refractivity contribution in [2.45, 2.75) is 32.1 Å². The summed E-state index contributed by atoms with van der Waals surface area (Å²) in [4.78, 5) is 29.4. The molecule has 0 aliphatic carbocycles. The van der Waals surface area contributed by atoms with Gasteiger partial charge in [-0.2, -0.15) is 0 Å². The van der Waals surface area contributed by atoms with Crippen molar-refractivity contribution in [3.8, 4) is 5.75 Å². The van der Waals surface area contributed by atoms with E-state index >= 15 is 0 Å². The summed E-state index contributed by atoms with van der Waals surface area (Å²) in [6, 6.07) is 7.85. The molecule has 1 atom stereocenters. The average molecular weight is 371 g/mol. The summed E-state index contributed by atoms with van der Waals surface area (Å²) in [5.74, 6) is 2.12. The second-order valence-corrected chi connectivity index (χ2v) is 6.78. The number of hydrogen-bond donors (Lipinski definition) is 1. The summed E-state index contributed by atoms with van der Waals surface area (Å²) in [6.45, 7) is 2.72. The summed E-state index contributed by atoms with van der Waals surface area (Å²) in [7, 11) is 1.64. The number of likely N-dealkylation sites (tertiary alicyclic amines) is 1. The minimum atomic E-state index is -0.201. The quantitative estimate of drug-likeness (QED) is 0.841. The molecule has 1 aromatic carbocycles. The Bertz CT molecular complexity index is 785. The van der Waals surface area contributed by atoms with Crippen molar-refractivity contribution in [2.75, 3.05) is 26.7 Å². The zero-order valence-electron chi connectivity index (χ0n) is 15.7. The van der Waals surface area contributed by atoms with Gasteiger partial charge < -0.3 is 19.4 Å². The Morgan fingerprint density at radius 2 is 2.11 bits per heavy atom. The molecule has 0 unspecified atom stereocenters. The number of oxazole rings is 1. The molecule has 2 aromatic rings. The number of amides is 2. The Hall–Kier alpha value is -2.83. The molecule has 1 aliphatic rings. The highest BCUT2D eigenvalue weighted by molar-refractivity contribution is 5.83. The highest BCUT2D eigenvalue weighted by Gasteiger charge is 2.27. The van der Waals surface area contributed by atoms with Crippen LogP contribution in [0.25, 0.3) is 0 Å². The third-order valence-corrected chi connectivity index (χ3v) is 4.72. The molecule has 2 heterocycles. The Morgan fingerprint density at radius 3 is 2.81 bits per heavy atom. The fourth-order valence-corrected chi connectivity index (χ4v) is 3.25. The second-order valence-electron chi connectivity index (χ2n) is 6.78. The topological polar surface area (TPSA) is 84.7 Å². The fraction of sp³-hybridized carbons (Fsp3) is 0.450. The number of aromatic nitrogens is 1. The lowest BCUT2D eigenvalue weighted by Crippen LogP contribution is -2.44. The van der Waals surface area contributed by atoms with E-state index in [0.717, 1.165) is 29.9 Å². The first-order chi connectivity index (χ1) is 13.0. The first-order valence-corrected chi connectivity index (χ1v) is 9.15. The smallest absolute Gasteiger partial charge is 0.241 e. The number of ether oxygens (including phenoxy) is 1. The van der Waals surface area contributed by atoms with E-state index < -0.39 is 0 Å². The van der Waals surface area contributed by atoms with Gasteiger partial charge in [0.25, 0.3) is 0 Å². The van der Waals surface area contributed by atoms with E-state index in [2.05, 4.69) is 10.3 Å². The molecule has 0 bridgehead atoms. The first kappa shape index (κ1) is 18.9. The highest BCUT2D eigenvalue weighted by atomic mass is 16.5. The monoisotopic (exact) mass is 371 g/mol. The molecule has 1 aromatic heterocycles. The number of methoxy groups -OCH3 is 1. The van der Waals surface area contributed by atoms with E-state index in [0.29, 0.717) is 25.4 Å². The molecule has 7 heteroatoms. The maximum Gasteiger partial charge on any atom is 0.241 e. The average Bonchev–Trinajstić information content (AvgIpc) is 3.15. The molecule has 0 saturated carbocycles. The Balaban J connectivity index is 1.59. The summed E-state index contributed by atoms with van der Waals surface area (Å²) >= 11 is 0. The van der Waals surface area contributed by atoms with Gasteiger partial charge in [-0.15, -0.1) is 0 Å². The van der Waals surface area contributed by atoms with Gasteiger partial charge in [0.15, 0.2) is 5.89 Å². The van der Waals surface area contributed by atoms with Crippen LogP contribution in [0.4, 0.5) is 0 Å². The van der Waals surface area contributed by atoms with Crippen molar-refractivity contribution in [3.63, 3.8) is 0 Å². The van der Waals surface area contributed by atoms with Crippen LogP contribution in [0.1, 0.15) is 42.9 Å². The van der Waals surface area contributed by atoms with Gasteiger partial charge in [0.2, 0.25) is 11.8 Å². The number of piperidine rings is 1. The Morgan fingerprint density at radius 1 is 1.33 bits per heavy atom. The van der Waals surface area contributed by atoms with Crippen LogP contribution in [0.2, 0.25) is 0 Å². The van der Waals surface area contributed by atoms with E-state index in [4.69, 9.17) is 9.15 Å². The minimum absolute atomic E-state index is 0.0381. The largest absolute Gasteiger partial charge is 0.497 e. The maximum absolute atomic E-state index is 12.2. The Kier molecular flexibility index (Phi) is 6.11. The van der Waals surface area contributed by atoms with E-state index in [1.807, 2.05) is 24.3 Å². The predicted octanol–water partition coefficient (Wildman–Crippen LogP) is 2.12. The molecule has 2 amide bonds. The fourth-order valence-electron chi connectivity index (χ4n) is 3.25. The van der Waals surface area contributed by atoms with Gasteiger partial charge in [-0.05, 0) is 30.5 Å². The van der Waals surface area contributed by atoms with E-state index in [-0.39, 0.29) is 24.3 Å². The van der Waals surface area contributed by atoms with Crippen molar-refractivity contribution in [3.05, 3.63) is 47.7 Å². The summed E-state index contributed by atoms with van der Waals surface area (Å²) < 4.78 is 11.1. The molecular formula is C20H25N3O4. The zero-order valence-corrected chi connectivity index (χ0v) is 15.7. The molecule has 27 heavy (non-hydrogen) atoms. The van der Waals surface area contributed by atoms with Gasteiger partial charge >= 0.3 is 0 Å². The van der Waals surface area contributed by atoms with Crippen LogP contribution < -0.4 is 10.1 Å². The number of benzene rings is 1. The van der Waals surface area contributed by atoms with Crippen LogP contribution in [0, 0.1) is 0 Å². The van der Waals surface area contributed by atoms with Crippen LogP contribution in [-0.4, -0.2) is 48.4 Å². The first-order valence-electron chi connectivity index (χ1n) is 9.15. The maximum atomic E-state index is 12.2. The molecular weight excluding hydrogens is 346 g/mol. The van der Waals surface area contributed by atoms with Gasteiger partial charge in [-0.1, -0.05) is 12.1 Å². The molecule has 7 nitrogen and oxygen atoms in total. The predicted molar refractivity (Wildman–Crippen MR) is 99.5 cm³/mol. The van der Waals surface area contributed by atoms with Crippen LogP contribution in [0.15, 0.2) is 34.9 Å². The van der Waals surface area contributed by atoms with Crippen LogP contribution in [0.5, 0.6) is 5.75 Å². The number of carbonyl (C=O) groups excluding carboxylic acids is 2. The number of nitrogens with zero attached hydrogens (tertiary/aromatic N) is 2. The van der Waals surface area contributed by atoms with Crippen molar-refractivity contribution in [1.29, 1.82) is 0 Å². The van der Waals surface area contributed by atoms with Gasteiger partial charge in [-0.25, -0.2) is 4.98 Å². The second kappa shape index (κ2) is 8.70. The molecule has 1 N–H and O–H groups in total. The zero-order chi connectivity index (χ0) is 19.2. The lowest BCUT2D eigenvalue weighted by atomic mass is 9.98. The van der Waals surface area contributed by atoms with Gasteiger partial charge in [-0.3, -0.25) is 9.59 Å². The van der Waals surface area contributed by atoms with E-state index in [9.17, 15) is 9.59 Å². The number of hydrogen-bond acceptors (Lipinski definition) is 5.